The molecule has 27 heavy (non-hydrogen) atoms. The van der Waals surface area contributed by atoms with Crippen LogP contribution in [0.15, 0.2) is 42.5 Å². The van der Waals surface area contributed by atoms with Crippen molar-refractivity contribution in [1.82, 2.24) is 0 Å². The molecular formula is C23H28N2O2. The van der Waals surface area contributed by atoms with Crippen LogP contribution in [0.2, 0.25) is 0 Å². The van der Waals surface area contributed by atoms with Crippen molar-refractivity contribution in [2.45, 2.75) is 46.5 Å². The summed E-state index contributed by atoms with van der Waals surface area (Å²) in [5, 5.41) is 2.96. The number of nitrogens with one attached hydrogen (secondary N) is 1. The Balaban J connectivity index is 1.70. The third-order valence-electron chi connectivity index (χ3n) is 5.38. The number of benzene rings is 2. The summed E-state index contributed by atoms with van der Waals surface area (Å²) in [4.78, 5) is 26.9. The molecule has 2 amide bonds. The predicted molar refractivity (Wildman–Crippen MR) is 110 cm³/mol. The smallest absolute Gasteiger partial charge is 0.229 e. The molecule has 142 valence electrons. The lowest BCUT2D eigenvalue weighted by molar-refractivity contribution is -0.122. The van der Waals surface area contributed by atoms with Crippen LogP contribution in [0.3, 0.4) is 0 Å². The maximum Gasteiger partial charge on any atom is 0.229 e. The quantitative estimate of drug-likeness (QED) is 0.866. The highest BCUT2D eigenvalue weighted by molar-refractivity contribution is 6.03. The minimum atomic E-state index is -0.334. The van der Waals surface area contributed by atoms with Gasteiger partial charge in [0, 0.05) is 24.3 Å². The number of amides is 2. The first-order valence-electron chi connectivity index (χ1n) is 9.45. The molecule has 4 heteroatoms. The molecule has 0 saturated carbocycles. The van der Waals surface area contributed by atoms with E-state index in [4.69, 9.17) is 0 Å². The predicted octanol–water partition coefficient (Wildman–Crippen LogP) is 4.59. The van der Waals surface area contributed by atoms with Crippen LogP contribution < -0.4 is 10.2 Å². The number of aryl methyl sites for hydroxylation is 1. The highest BCUT2D eigenvalue weighted by Gasteiger charge is 2.35. The second-order valence-electron chi connectivity index (χ2n) is 8.44. The molecule has 3 rings (SSSR count). The van der Waals surface area contributed by atoms with Crippen molar-refractivity contribution in [3.8, 4) is 0 Å². The molecule has 1 fully saturated rings. The van der Waals surface area contributed by atoms with E-state index in [9.17, 15) is 9.59 Å². The molecule has 1 saturated heterocycles. The number of rotatable bonds is 3. The van der Waals surface area contributed by atoms with Gasteiger partial charge in [0.15, 0.2) is 0 Å². The summed E-state index contributed by atoms with van der Waals surface area (Å²) in [5.74, 6) is -0.425. The molecule has 1 atom stereocenters. The van der Waals surface area contributed by atoms with E-state index in [2.05, 4.69) is 26.1 Å². The lowest BCUT2D eigenvalue weighted by Gasteiger charge is -2.20. The number of nitrogens with zero attached hydrogens (tertiary/aromatic N) is 1. The molecule has 1 heterocycles. The molecule has 0 radical (unpaired) electrons. The summed E-state index contributed by atoms with van der Waals surface area (Å²) in [7, 11) is 0. The fraction of sp³-hybridized carbons (Fsp3) is 0.391. The average molecular weight is 364 g/mol. The molecule has 1 aliphatic heterocycles. The molecule has 0 aromatic heterocycles. The minimum Gasteiger partial charge on any atom is -0.326 e. The van der Waals surface area contributed by atoms with Crippen LogP contribution in [0.25, 0.3) is 0 Å². The van der Waals surface area contributed by atoms with Gasteiger partial charge in [-0.25, -0.2) is 0 Å². The second kappa shape index (κ2) is 7.18. The van der Waals surface area contributed by atoms with Gasteiger partial charge in [0.25, 0.3) is 0 Å². The van der Waals surface area contributed by atoms with E-state index >= 15 is 0 Å². The summed E-state index contributed by atoms with van der Waals surface area (Å²) in [6.45, 7) is 11.0. The Bertz CT molecular complexity index is 863. The number of carbonyl (C=O) groups is 2. The van der Waals surface area contributed by atoms with Crippen molar-refractivity contribution in [3.63, 3.8) is 0 Å². The fourth-order valence-electron chi connectivity index (χ4n) is 3.44. The zero-order chi connectivity index (χ0) is 19.8. The zero-order valence-electron chi connectivity index (χ0n) is 16.8. The summed E-state index contributed by atoms with van der Waals surface area (Å²) >= 11 is 0. The number of hydrogen-bond acceptors (Lipinski definition) is 2. The Kier molecular flexibility index (Phi) is 5.09. The van der Waals surface area contributed by atoms with Crippen molar-refractivity contribution < 1.29 is 9.59 Å². The highest BCUT2D eigenvalue weighted by Crippen LogP contribution is 2.30. The molecular weight excluding hydrogens is 336 g/mol. The van der Waals surface area contributed by atoms with Crippen LogP contribution in [-0.4, -0.2) is 18.4 Å². The normalized spacial score (nSPS) is 17.3. The van der Waals surface area contributed by atoms with Crippen LogP contribution in [0.5, 0.6) is 0 Å². The van der Waals surface area contributed by atoms with E-state index in [1.54, 1.807) is 4.90 Å². The van der Waals surface area contributed by atoms with Gasteiger partial charge in [0.1, 0.15) is 0 Å². The maximum atomic E-state index is 12.7. The third kappa shape index (κ3) is 4.05. The average Bonchev–Trinajstić information content (AvgIpc) is 2.99. The Hall–Kier alpha value is -2.62. The summed E-state index contributed by atoms with van der Waals surface area (Å²) in [5.41, 5.74) is 5.21. The van der Waals surface area contributed by atoms with Crippen LogP contribution in [0, 0.1) is 19.8 Å². The Morgan fingerprint density at radius 1 is 1.07 bits per heavy atom. The van der Waals surface area contributed by atoms with Crippen molar-refractivity contribution >= 4 is 23.2 Å². The summed E-state index contributed by atoms with van der Waals surface area (Å²) < 4.78 is 0. The molecule has 2 aromatic carbocycles. The monoisotopic (exact) mass is 364 g/mol. The number of hydrogen-bond donors (Lipinski definition) is 1. The molecule has 4 nitrogen and oxygen atoms in total. The molecule has 0 aliphatic carbocycles. The van der Waals surface area contributed by atoms with E-state index in [0.29, 0.717) is 6.54 Å². The van der Waals surface area contributed by atoms with Crippen LogP contribution in [0.1, 0.15) is 43.9 Å². The zero-order valence-corrected chi connectivity index (χ0v) is 16.8. The lowest BCUT2D eigenvalue weighted by atomic mass is 9.87. The third-order valence-corrected chi connectivity index (χ3v) is 5.38. The van der Waals surface area contributed by atoms with Gasteiger partial charge in [-0.1, -0.05) is 45.0 Å². The van der Waals surface area contributed by atoms with Gasteiger partial charge in [-0.15, -0.1) is 0 Å². The Morgan fingerprint density at radius 2 is 1.74 bits per heavy atom. The molecule has 1 unspecified atom stereocenters. The van der Waals surface area contributed by atoms with Gasteiger partial charge in [0.2, 0.25) is 11.8 Å². The number of carbonyl (C=O) groups excluding carboxylic acids is 2. The first kappa shape index (κ1) is 19.2. The molecule has 1 aliphatic rings. The van der Waals surface area contributed by atoms with E-state index < -0.39 is 0 Å². The van der Waals surface area contributed by atoms with Crippen molar-refractivity contribution in [2.24, 2.45) is 5.92 Å². The molecule has 2 aromatic rings. The maximum absolute atomic E-state index is 12.7. The topological polar surface area (TPSA) is 49.4 Å². The van der Waals surface area contributed by atoms with E-state index in [1.165, 1.54) is 5.56 Å². The minimum absolute atomic E-state index is 0.00642. The summed E-state index contributed by atoms with van der Waals surface area (Å²) in [6, 6.07) is 13.9. The first-order chi connectivity index (χ1) is 12.7. The van der Waals surface area contributed by atoms with Crippen molar-refractivity contribution in [3.05, 3.63) is 59.2 Å². The molecule has 0 spiro atoms. The Labute approximate surface area is 161 Å². The molecule has 1 N–H and O–H groups in total. The van der Waals surface area contributed by atoms with Crippen LogP contribution >= 0.6 is 0 Å². The van der Waals surface area contributed by atoms with Gasteiger partial charge in [0.05, 0.1) is 5.92 Å². The summed E-state index contributed by atoms with van der Waals surface area (Å²) in [6.07, 6.45) is 0.249. The van der Waals surface area contributed by atoms with Crippen LogP contribution in [0.4, 0.5) is 11.4 Å². The fourth-order valence-corrected chi connectivity index (χ4v) is 3.44. The van der Waals surface area contributed by atoms with E-state index in [-0.39, 0.29) is 29.6 Å². The standard InChI is InChI=1S/C23H28N2O2/c1-15-7-6-8-20(16(15)2)25-14-17(13-21(25)26)22(27)24-19-11-9-18(10-12-19)23(3,4)5/h6-12,17H,13-14H2,1-5H3,(H,24,27). The molecule has 0 bridgehead atoms. The first-order valence-corrected chi connectivity index (χ1v) is 9.45. The highest BCUT2D eigenvalue weighted by atomic mass is 16.2. The number of anilines is 2. The van der Waals surface area contributed by atoms with E-state index in [1.807, 2.05) is 56.3 Å². The van der Waals surface area contributed by atoms with Crippen LogP contribution in [-0.2, 0) is 15.0 Å². The van der Waals surface area contributed by atoms with Crippen molar-refractivity contribution in [2.75, 3.05) is 16.8 Å². The van der Waals surface area contributed by atoms with Gasteiger partial charge in [-0.3, -0.25) is 9.59 Å². The van der Waals surface area contributed by atoms with E-state index in [0.717, 1.165) is 22.5 Å². The van der Waals surface area contributed by atoms with Gasteiger partial charge in [-0.05, 0) is 54.2 Å². The largest absolute Gasteiger partial charge is 0.326 e. The lowest BCUT2D eigenvalue weighted by Crippen LogP contribution is -2.28. The van der Waals surface area contributed by atoms with Gasteiger partial charge in [-0.2, -0.15) is 0 Å². The van der Waals surface area contributed by atoms with Crippen molar-refractivity contribution in [1.29, 1.82) is 0 Å². The Morgan fingerprint density at radius 3 is 2.37 bits per heavy atom. The van der Waals surface area contributed by atoms with Gasteiger partial charge >= 0.3 is 0 Å². The van der Waals surface area contributed by atoms with Gasteiger partial charge < -0.3 is 10.2 Å². The second-order valence-corrected chi connectivity index (χ2v) is 8.44. The SMILES string of the molecule is Cc1cccc(N2CC(C(=O)Nc3ccc(C(C)(C)C)cc3)CC2=O)c1C.